The molecule has 1 aromatic rings. The molecule has 2 heteroatoms. The molecule has 0 atom stereocenters. The molecule has 0 aliphatic carbocycles. The predicted octanol–water partition coefficient (Wildman–Crippen LogP) is 2.02. The average molecular weight is 177 g/mol. The fourth-order valence-corrected chi connectivity index (χ4v) is 1.24. The monoisotopic (exact) mass is 177 g/mol. The van der Waals surface area contributed by atoms with Gasteiger partial charge < -0.3 is 9.69 Å². The highest BCUT2D eigenvalue weighted by Gasteiger charge is 1.98. The minimum absolute atomic E-state index is 0.588. The number of hydrogen-bond acceptors (Lipinski definition) is 2. The Bertz CT molecular complexity index is 283. The summed E-state index contributed by atoms with van der Waals surface area (Å²) in [5, 5.41) is 0. The second-order valence-electron chi connectivity index (χ2n) is 3.22. The Hall–Kier alpha value is -1.31. The zero-order valence-electron chi connectivity index (χ0n) is 8.16. The number of carbonyl (C=O) groups excluding carboxylic acids is 1. The van der Waals surface area contributed by atoms with Gasteiger partial charge in [-0.2, -0.15) is 0 Å². The van der Waals surface area contributed by atoms with Crippen molar-refractivity contribution in [1.82, 2.24) is 0 Å². The maximum Gasteiger partial charge on any atom is 0.121 e. The van der Waals surface area contributed by atoms with Gasteiger partial charge in [-0.1, -0.05) is 12.1 Å². The first kappa shape index (κ1) is 9.78. The van der Waals surface area contributed by atoms with Crippen molar-refractivity contribution in [2.45, 2.75) is 13.3 Å². The van der Waals surface area contributed by atoms with Crippen LogP contribution in [0.25, 0.3) is 0 Å². The predicted molar refractivity (Wildman–Crippen MR) is 55.1 cm³/mol. The molecular formula is C11H15NO. The van der Waals surface area contributed by atoms with E-state index in [0.29, 0.717) is 6.42 Å². The lowest BCUT2D eigenvalue weighted by atomic mass is 10.2. The van der Waals surface area contributed by atoms with E-state index in [9.17, 15) is 4.79 Å². The van der Waals surface area contributed by atoms with Crippen molar-refractivity contribution in [2.24, 2.45) is 0 Å². The number of nitrogens with zero attached hydrogens (tertiary/aromatic N) is 1. The largest absolute Gasteiger partial charge is 0.374 e. The summed E-state index contributed by atoms with van der Waals surface area (Å²) in [5.74, 6) is 0. The smallest absolute Gasteiger partial charge is 0.121 e. The summed E-state index contributed by atoms with van der Waals surface area (Å²) in [7, 11) is 2.00. The second kappa shape index (κ2) is 4.65. The molecule has 0 bridgehead atoms. The summed E-state index contributed by atoms with van der Waals surface area (Å²) in [6.07, 6.45) is 1.54. The van der Waals surface area contributed by atoms with Crippen LogP contribution in [0.1, 0.15) is 12.0 Å². The molecule has 0 saturated carbocycles. The normalized spacial score (nSPS) is 9.69. The van der Waals surface area contributed by atoms with Crippen LogP contribution in [0.5, 0.6) is 0 Å². The molecule has 0 amide bonds. The molecule has 13 heavy (non-hydrogen) atoms. The van der Waals surface area contributed by atoms with E-state index < -0.39 is 0 Å². The van der Waals surface area contributed by atoms with Crippen LogP contribution in [-0.2, 0) is 4.79 Å². The first-order chi connectivity index (χ1) is 6.24. The van der Waals surface area contributed by atoms with Crippen LogP contribution in [0.15, 0.2) is 24.3 Å². The highest BCUT2D eigenvalue weighted by Crippen LogP contribution is 2.13. The van der Waals surface area contributed by atoms with Crippen LogP contribution >= 0.6 is 0 Å². The number of hydrogen-bond donors (Lipinski definition) is 0. The van der Waals surface area contributed by atoms with E-state index in [1.54, 1.807) is 0 Å². The van der Waals surface area contributed by atoms with Crippen LogP contribution in [0.2, 0.25) is 0 Å². The van der Waals surface area contributed by atoms with Gasteiger partial charge in [-0.25, -0.2) is 0 Å². The summed E-state index contributed by atoms with van der Waals surface area (Å²) in [6, 6.07) is 8.27. The van der Waals surface area contributed by atoms with Gasteiger partial charge in [-0.3, -0.25) is 0 Å². The molecule has 70 valence electrons. The molecule has 0 aromatic heterocycles. The fourth-order valence-electron chi connectivity index (χ4n) is 1.24. The zero-order valence-corrected chi connectivity index (χ0v) is 8.16. The highest BCUT2D eigenvalue weighted by molar-refractivity contribution is 5.53. The highest BCUT2D eigenvalue weighted by atomic mass is 16.1. The third kappa shape index (κ3) is 2.90. The van der Waals surface area contributed by atoms with Crippen molar-refractivity contribution in [1.29, 1.82) is 0 Å². The minimum Gasteiger partial charge on any atom is -0.374 e. The van der Waals surface area contributed by atoms with Gasteiger partial charge in [-0.05, 0) is 24.6 Å². The van der Waals surface area contributed by atoms with Gasteiger partial charge in [0.2, 0.25) is 0 Å². The van der Waals surface area contributed by atoms with E-state index in [0.717, 1.165) is 12.8 Å². The van der Waals surface area contributed by atoms with E-state index in [-0.39, 0.29) is 0 Å². The molecular weight excluding hydrogens is 162 g/mol. The molecule has 0 heterocycles. The number of aryl methyl sites for hydroxylation is 1. The van der Waals surface area contributed by atoms with E-state index in [1.807, 2.05) is 13.1 Å². The molecule has 0 saturated heterocycles. The van der Waals surface area contributed by atoms with Gasteiger partial charge in [0.05, 0.1) is 0 Å². The van der Waals surface area contributed by atoms with Crippen molar-refractivity contribution in [3.63, 3.8) is 0 Å². The number of rotatable bonds is 4. The summed E-state index contributed by atoms with van der Waals surface area (Å²) >= 11 is 0. The first-order valence-corrected chi connectivity index (χ1v) is 4.45. The molecule has 0 radical (unpaired) electrons. The van der Waals surface area contributed by atoms with E-state index in [1.165, 1.54) is 11.3 Å². The van der Waals surface area contributed by atoms with Gasteiger partial charge in [-0.15, -0.1) is 0 Å². The molecule has 1 aromatic carbocycles. The summed E-state index contributed by atoms with van der Waals surface area (Å²) < 4.78 is 0. The second-order valence-corrected chi connectivity index (χ2v) is 3.22. The minimum atomic E-state index is 0.588. The van der Waals surface area contributed by atoms with Crippen LogP contribution in [0.4, 0.5) is 5.69 Å². The van der Waals surface area contributed by atoms with Crippen molar-refractivity contribution >= 4 is 12.0 Å². The molecule has 1 rings (SSSR count). The fraction of sp³-hybridized carbons (Fsp3) is 0.364. The van der Waals surface area contributed by atoms with Crippen LogP contribution < -0.4 is 4.90 Å². The van der Waals surface area contributed by atoms with Crippen LogP contribution in [0.3, 0.4) is 0 Å². The lowest BCUT2D eigenvalue weighted by Gasteiger charge is -2.18. The van der Waals surface area contributed by atoms with E-state index in [2.05, 4.69) is 30.0 Å². The lowest BCUT2D eigenvalue weighted by molar-refractivity contribution is -0.107. The Morgan fingerprint density at radius 3 is 2.85 bits per heavy atom. The van der Waals surface area contributed by atoms with Gasteiger partial charge in [0.15, 0.2) is 0 Å². The van der Waals surface area contributed by atoms with Crippen molar-refractivity contribution < 1.29 is 4.79 Å². The van der Waals surface area contributed by atoms with Crippen molar-refractivity contribution in [2.75, 3.05) is 18.5 Å². The SMILES string of the molecule is Cc1cccc(N(C)CCC=O)c1. The van der Waals surface area contributed by atoms with Crippen molar-refractivity contribution in [3.05, 3.63) is 29.8 Å². The van der Waals surface area contributed by atoms with Crippen molar-refractivity contribution in [3.8, 4) is 0 Å². The van der Waals surface area contributed by atoms with Gasteiger partial charge in [0.1, 0.15) is 6.29 Å². The Morgan fingerprint density at radius 1 is 1.46 bits per heavy atom. The standard InChI is InChI=1S/C11H15NO/c1-10-5-3-6-11(9-10)12(2)7-4-8-13/h3,5-6,8-9H,4,7H2,1-2H3. The Kier molecular flexibility index (Phi) is 3.50. The quantitative estimate of drug-likeness (QED) is 0.656. The Labute approximate surface area is 79.2 Å². The molecule has 0 aliphatic rings. The molecule has 0 fully saturated rings. The third-order valence-electron chi connectivity index (χ3n) is 2.02. The maximum absolute atomic E-state index is 10.2. The molecule has 0 aliphatic heterocycles. The first-order valence-electron chi connectivity index (χ1n) is 4.45. The van der Waals surface area contributed by atoms with Gasteiger partial charge >= 0.3 is 0 Å². The number of carbonyl (C=O) groups is 1. The Morgan fingerprint density at radius 2 is 2.23 bits per heavy atom. The molecule has 0 N–H and O–H groups in total. The summed E-state index contributed by atoms with van der Waals surface area (Å²) in [6.45, 7) is 2.85. The lowest BCUT2D eigenvalue weighted by Crippen LogP contribution is -2.18. The number of anilines is 1. The Balaban J connectivity index is 2.65. The van der Waals surface area contributed by atoms with Crippen LogP contribution in [0, 0.1) is 6.92 Å². The van der Waals surface area contributed by atoms with Crippen LogP contribution in [-0.4, -0.2) is 19.9 Å². The van der Waals surface area contributed by atoms with Gasteiger partial charge in [0.25, 0.3) is 0 Å². The van der Waals surface area contributed by atoms with E-state index >= 15 is 0 Å². The number of benzene rings is 1. The molecule has 2 nitrogen and oxygen atoms in total. The van der Waals surface area contributed by atoms with E-state index in [4.69, 9.17) is 0 Å². The summed E-state index contributed by atoms with van der Waals surface area (Å²) in [5.41, 5.74) is 2.41. The molecule has 0 unspecified atom stereocenters. The zero-order chi connectivity index (χ0) is 9.68. The average Bonchev–Trinajstić information content (AvgIpc) is 2.14. The molecule has 0 spiro atoms. The topological polar surface area (TPSA) is 20.3 Å². The van der Waals surface area contributed by atoms with Gasteiger partial charge in [0, 0.05) is 25.7 Å². The maximum atomic E-state index is 10.2. The number of aldehydes is 1. The third-order valence-corrected chi connectivity index (χ3v) is 2.02. The summed E-state index contributed by atoms with van der Waals surface area (Å²) in [4.78, 5) is 12.3.